The van der Waals surface area contributed by atoms with Crippen LogP contribution in [0.1, 0.15) is 20.7 Å². The third-order valence-corrected chi connectivity index (χ3v) is 2.42. The minimum Gasteiger partial charge on any atom is -0.508 e. The Morgan fingerprint density at radius 3 is 1.17 bits per heavy atom. The fourth-order valence-corrected chi connectivity index (χ4v) is 1.40. The van der Waals surface area contributed by atoms with Crippen LogP contribution in [-0.2, 0) is 17.1 Å². The van der Waals surface area contributed by atoms with Gasteiger partial charge in [-0.2, -0.15) is 0 Å². The first-order valence-electron chi connectivity index (χ1n) is 5.73. The van der Waals surface area contributed by atoms with Crippen LogP contribution in [0, 0.1) is 0 Å². The Morgan fingerprint density at radius 1 is 0.652 bits per heavy atom. The van der Waals surface area contributed by atoms with Crippen LogP contribution in [0.3, 0.4) is 0 Å². The molecule has 0 saturated carbocycles. The molecule has 0 bridgehead atoms. The van der Waals surface area contributed by atoms with Crippen molar-refractivity contribution in [1.82, 2.24) is 0 Å². The quantitative estimate of drug-likeness (QED) is 0.434. The van der Waals surface area contributed by atoms with E-state index in [1.165, 1.54) is 12.1 Å². The molecule has 0 aromatic heterocycles. The van der Waals surface area contributed by atoms with E-state index in [1.807, 2.05) is 0 Å². The maximum absolute atomic E-state index is 10.3. The second-order valence-electron chi connectivity index (χ2n) is 4.01. The van der Waals surface area contributed by atoms with E-state index in [4.69, 9.17) is 30.6 Å². The summed E-state index contributed by atoms with van der Waals surface area (Å²) in [5, 5.41) is 52.2. The SMILES string of the molecule is O=C(O)c1ccc(O)cc1O.O=C(O)c1ccc(O)cc1O.[Cu]. The molecule has 0 aliphatic heterocycles. The maximum Gasteiger partial charge on any atom is 0.339 e. The third-order valence-electron chi connectivity index (χ3n) is 2.42. The zero-order valence-corrected chi connectivity index (χ0v) is 12.2. The van der Waals surface area contributed by atoms with E-state index in [-0.39, 0.29) is 39.7 Å². The number of carboxylic acid groups (broad SMARTS) is 2. The predicted octanol–water partition coefficient (Wildman–Crippen LogP) is 1.59. The van der Waals surface area contributed by atoms with Crippen LogP contribution in [0.15, 0.2) is 36.4 Å². The van der Waals surface area contributed by atoms with Crippen LogP contribution < -0.4 is 0 Å². The number of aromatic hydroxyl groups is 4. The van der Waals surface area contributed by atoms with Crippen molar-refractivity contribution >= 4 is 11.9 Å². The summed E-state index contributed by atoms with van der Waals surface area (Å²) in [5.41, 5.74) is -0.439. The summed E-state index contributed by atoms with van der Waals surface area (Å²) < 4.78 is 0. The van der Waals surface area contributed by atoms with Crippen LogP contribution in [-0.4, -0.2) is 42.6 Å². The van der Waals surface area contributed by atoms with Gasteiger partial charge >= 0.3 is 11.9 Å². The van der Waals surface area contributed by atoms with Gasteiger partial charge in [0, 0.05) is 29.2 Å². The van der Waals surface area contributed by atoms with E-state index in [0.717, 1.165) is 24.3 Å². The fraction of sp³-hybridized carbons (Fsp3) is 0. The van der Waals surface area contributed by atoms with Crippen molar-refractivity contribution in [2.75, 3.05) is 0 Å². The summed E-state index contributed by atoms with van der Waals surface area (Å²) in [7, 11) is 0. The molecule has 8 nitrogen and oxygen atoms in total. The van der Waals surface area contributed by atoms with Gasteiger partial charge in [0.1, 0.15) is 34.1 Å². The van der Waals surface area contributed by atoms with Crippen molar-refractivity contribution in [2.24, 2.45) is 0 Å². The van der Waals surface area contributed by atoms with Gasteiger partial charge in [0.2, 0.25) is 0 Å². The summed E-state index contributed by atoms with van der Waals surface area (Å²) in [6, 6.07) is 6.61. The average molecular weight is 372 g/mol. The van der Waals surface area contributed by atoms with Crippen LogP contribution in [0.5, 0.6) is 23.0 Å². The molecule has 0 amide bonds. The van der Waals surface area contributed by atoms with Gasteiger partial charge in [-0.05, 0) is 24.3 Å². The molecule has 2 aromatic carbocycles. The Balaban J connectivity index is 0.000000403. The van der Waals surface area contributed by atoms with Gasteiger partial charge in [-0.1, -0.05) is 0 Å². The summed E-state index contributed by atoms with van der Waals surface area (Å²) in [4.78, 5) is 20.6. The topological polar surface area (TPSA) is 156 Å². The molecule has 0 heterocycles. The van der Waals surface area contributed by atoms with Crippen LogP contribution in [0.2, 0.25) is 0 Å². The van der Waals surface area contributed by atoms with Crippen LogP contribution in [0.25, 0.3) is 0 Å². The second kappa shape index (κ2) is 8.52. The first kappa shape index (κ1) is 20.1. The Bertz CT molecular complexity index is 652. The molecular formula is C14H12CuO8. The molecule has 6 N–H and O–H groups in total. The molecule has 1 radical (unpaired) electrons. The van der Waals surface area contributed by atoms with Crippen molar-refractivity contribution in [3.05, 3.63) is 47.5 Å². The molecule has 0 saturated heterocycles. The molecule has 0 spiro atoms. The first-order valence-corrected chi connectivity index (χ1v) is 5.73. The van der Waals surface area contributed by atoms with Gasteiger partial charge in [0.25, 0.3) is 0 Å². The predicted molar refractivity (Wildman–Crippen MR) is 73.5 cm³/mol. The molecule has 0 aliphatic rings. The largest absolute Gasteiger partial charge is 0.508 e. The zero-order valence-electron chi connectivity index (χ0n) is 11.3. The summed E-state index contributed by atoms with van der Waals surface area (Å²) >= 11 is 0. The normalized spacial score (nSPS) is 9.04. The Labute approximate surface area is 140 Å². The van der Waals surface area contributed by atoms with E-state index in [9.17, 15) is 9.59 Å². The van der Waals surface area contributed by atoms with Crippen LogP contribution >= 0.6 is 0 Å². The standard InChI is InChI=1S/2C7H6O4.Cu/c2*8-4-1-2-5(7(10)11)6(9)3-4;/h2*1-3,8-9H,(H,10,11);. The average Bonchev–Trinajstić information content (AvgIpc) is 2.38. The van der Waals surface area contributed by atoms with Gasteiger partial charge in [-0.3, -0.25) is 0 Å². The van der Waals surface area contributed by atoms with Gasteiger partial charge < -0.3 is 30.6 Å². The van der Waals surface area contributed by atoms with E-state index in [0.29, 0.717) is 0 Å². The zero-order chi connectivity index (χ0) is 16.9. The van der Waals surface area contributed by atoms with E-state index < -0.39 is 23.4 Å². The fourth-order valence-electron chi connectivity index (χ4n) is 1.40. The molecule has 0 unspecified atom stereocenters. The number of carbonyl (C=O) groups is 2. The van der Waals surface area contributed by atoms with Crippen molar-refractivity contribution in [2.45, 2.75) is 0 Å². The second-order valence-corrected chi connectivity index (χ2v) is 4.01. The van der Waals surface area contributed by atoms with Crippen LogP contribution in [0.4, 0.5) is 0 Å². The number of carboxylic acids is 2. The number of aromatic carboxylic acids is 2. The summed E-state index contributed by atoms with van der Waals surface area (Å²) in [5.74, 6) is -3.62. The van der Waals surface area contributed by atoms with E-state index in [1.54, 1.807) is 0 Å². The van der Waals surface area contributed by atoms with Crippen molar-refractivity contribution in [3.63, 3.8) is 0 Å². The molecule has 9 heteroatoms. The number of hydrogen-bond acceptors (Lipinski definition) is 6. The maximum atomic E-state index is 10.3. The van der Waals surface area contributed by atoms with Gasteiger partial charge in [-0.15, -0.1) is 0 Å². The third kappa shape index (κ3) is 5.77. The molecule has 2 aromatic rings. The number of benzene rings is 2. The molecular weight excluding hydrogens is 360 g/mol. The van der Waals surface area contributed by atoms with Gasteiger partial charge in [0.05, 0.1) is 0 Å². The number of hydrogen-bond donors (Lipinski definition) is 6. The number of phenols is 4. The minimum atomic E-state index is -1.22. The molecule has 0 fully saturated rings. The Kier molecular flexibility index (Phi) is 7.45. The smallest absolute Gasteiger partial charge is 0.339 e. The van der Waals surface area contributed by atoms with Crippen molar-refractivity contribution in [1.29, 1.82) is 0 Å². The summed E-state index contributed by atoms with van der Waals surface area (Å²) in [6.07, 6.45) is 0. The Morgan fingerprint density at radius 2 is 0.957 bits per heavy atom. The molecule has 23 heavy (non-hydrogen) atoms. The minimum absolute atomic E-state index is 0. The first-order chi connectivity index (χ1) is 10.2. The monoisotopic (exact) mass is 371 g/mol. The molecule has 0 atom stereocenters. The number of phenolic OH excluding ortho intramolecular Hbond substituents is 2. The van der Waals surface area contributed by atoms with Crippen molar-refractivity contribution < 1.29 is 57.3 Å². The summed E-state index contributed by atoms with van der Waals surface area (Å²) in [6.45, 7) is 0. The van der Waals surface area contributed by atoms with Crippen molar-refractivity contribution in [3.8, 4) is 23.0 Å². The molecule has 2 rings (SSSR count). The number of rotatable bonds is 2. The van der Waals surface area contributed by atoms with Gasteiger partial charge in [0.15, 0.2) is 0 Å². The Hall–Kier alpha value is -2.90. The van der Waals surface area contributed by atoms with Gasteiger partial charge in [-0.25, -0.2) is 9.59 Å². The molecule has 0 aliphatic carbocycles. The van der Waals surface area contributed by atoms with E-state index >= 15 is 0 Å². The molecule has 127 valence electrons. The van der Waals surface area contributed by atoms with E-state index in [2.05, 4.69) is 0 Å².